The van der Waals surface area contributed by atoms with E-state index in [1.807, 2.05) is 30.5 Å². The van der Waals surface area contributed by atoms with Crippen LogP contribution >= 0.6 is 24.0 Å². The van der Waals surface area contributed by atoms with Crippen LogP contribution < -0.4 is 5.73 Å². The van der Waals surface area contributed by atoms with Gasteiger partial charge in [-0.2, -0.15) is 0 Å². The van der Waals surface area contributed by atoms with Crippen molar-refractivity contribution in [2.24, 2.45) is 16.6 Å². The molecule has 2 aromatic rings. The van der Waals surface area contributed by atoms with Crippen LogP contribution in [0.25, 0.3) is 11.3 Å². The van der Waals surface area contributed by atoms with E-state index in [1.54, 1.807) is 0 Å². The molecular formula is C19H25IN4. The van der Waals surface area contributed by atoms with E-state index in [9.17, 15) is 0 Å². The largest absolute Gasteiger partial charge is 0.370 e. The minimum absolute atomic E-state index is 0. The third-order valence-electron chi connectivity index (χ3n) is 4.42. The number of aliphatic imine (C=N–C) groups is 1. The molecule has 0 saturated carbocycles. The van der Waals surface area contributed by atoms with Crippen LogP contribution in [0.3, 0.4) is 0 Å². The Kier molecular flexibility index (Phi) is 7.02. The highest BCUT2D eigenvalue weighted by Gasteiger charge is 2.16. The predicted molar refractivity (Wildman–Crippen MR) is 110 cm³/mol. The van der Waals surface area contributed by atoms with Gasteiger partial charge in [-0.15, -0.1) is 24.0 Å². The number of rotatable bonds is 3. The SMILES string of the molecule is CC1CCN(C(N)=NCc2cccc(-c3ccccn3)c2)CC1.I. The van der Waals surface area contributed by atoms with Crippen molar-refractivity contribution in [1.29, 1.82) is 0 Å². The Morgan fingerprint density at radius 3 is 2.71 bits per heavy atom. The Balaban J connectivity index is 0.00000208. The Morgan fingerprint density at radius 1 is 1.21 bits per heavy atom. The maximum absolute atomic E-state index is 6.15. The summed E-state index contributed by atoms with van der Waals surface area (Å²) in [5.41, 5.74) is 9.41. The average molecular weight is 436 g/mol. The Labute approximate surface area is 161 Å². The fourth-order valence-corrected chi connectivity index (χ4v) is 2.87. The molecule has 0 atom stereocenters. The van der Waals surface area contributed by atoms with Crippen molar-refractivity contribution in [2.45, 2.75) is 26.3 Å². The van der Waals surface area contributed by atoms with Crippen molar-refractivity contribution in [1.82, 2.24) is 9.88 Å². The second-order valence-electron chi connectivity index (χ2n) is 6.26. The first-order chi connectivity index (χ1) is 11.2. The Bertz CT molecular complexity index is 664. The lowest BCUT2D eigenvalue weighted by Gasteiger charge is -2.31. The van der Waals surface area contributed by atoms with Gasteiger partial charge in [0.15, 0.2) is 5.96 Å². The number of benzene rings is 1. The van der Waals surface area contributed by atoms with Crippen LogP contribution in [0.2, 0.25) is 0 Å². The number of hydrogen-bond acceptors (Lipinski definition) is 2. The van der Waals surface area contributed by atoms with Gasteiger partial charge in [-0.25, -0.2) is 4.99 Å². The maximum atomic E-state index is 6.15. The molecule has 0 amide bonds. The number of pyridine rings is 1. The lowest BCUT2D eigenvalue weighted by atomic mass is 10.00. The van der Waals surface area contributed by atoms with Crippen LogP contribution in [0.15, 0.2) is 53.7 Å². The van der Waals surface area contributed by atoms with Crippen molar-refractivity contribution < 1.29 is 0 Å². The molecule has 1 aliphatic rings. The fraction of sp³-hybridized carbons (Fsp3) is 0.368. The van der Waals surface area contributed by atoms with E-state index in [4.69, 9.17) is 5.73 Å². The molecule has 2 N–H and O–H groups in total. The predicted octanol–water partition coefficient (Wildman–Crippen LogP) is 3.91. The molecule has 0 radical (unpaired) electrons. The van der Waals surface area contributed by atoms with E-state index in [0.29, 0.717) is 12.5 Å². The van der Waals surface area contributed by atoms with Crippen LogP contribution in [-0.4, -0.2) is 28.9 Å². The van der Waals surface area contributed by atoms with Gasteiger partial charge in [0.05, 0.1) is 12.2 Å². The molecule has 4 nitrogen and oxygen atoms in total. The van der Waals surface area contributed by atoms with Gasteiger partial charge >= 0.3 is 0 Å². The molecule has 128 valence electrons. The van der Waals surface area contributed by atoms with Gasteiger partial charge in [0, 0.05) is 24.8 Å². The monoisotopic (exact) mass is 436 g/mol. The van der Waals surface area contributed by atoms with E-state index >= 15 is 0 Å². The van der Waals surface area contributed by atoms with E-state index in [-0.39, 0.29) is 24.0 Å². The molecule has 1 aliphatic heterocycles. The molecule has 24 heavy (non-hydrogen) atoms. The Morgan fingerprint density at radius 2 is 2.00 bits per heavy atom. The quantitative estimate of drug-likeness (QED) is 0.451. The molecule has 5 heteroatoms. The van der Waals surface area contributed by atoms with Crippen molar-refractivity contribution in [3.05, 3.63) is 54.2 Å². The second kappa shape index (κ2) is 9.01. The summed E-state index contributed by atoms with van der Waals surface area (Å²) in [5.74, 6) is 1.47. The highest BCUT2D eigenvalue weighted by molar-refractivity contribution is 14.0. The number of halogens is 1. The van der Waals surface area contributed by atoms with E-state index < -0.39 is 0 Å². The number of guanidine groups is 1. The molecule has 0 aliphatic carbocycles. The number of nitrogens with two attached hydrogens (primary N) is 1. The van der Waals surface area contributed by atoms with Crippen molar-refractivity contribution >= 4 is 29.9 Å². The summed E-state index contributed by atoms with van der Waals surface area (Å²) in [6.07, 6.45) is 4.21. The van der Waals surface area contributed by atoms with Gasteiger partial charge in [-0.3, -0.25) is 4.98 Å². The van der Waals surface area contributed by atoms with Crippen LogP contribution in [0.1, 0.15) is 25.3 Å². The minimum atomic E-state index is 0. The third kappa shape index (κ3) is 4.93. The summed E-state index contributed by atoms with van der Waals surface area (Å²) in [7, 11) is 0. The summed E-state index contributed by atoms with van der Waals surface area (Å²) in [6, 6.07) is 14.3. The van der Waals surface area contributed by atoms with E-state index in [2.05, 4.69) is 40.0 Å². The van der Waals surface area contributed by atoms with Gasteiger partial charge in [-0.1, -0.05) is 31.2 Å². The van der Waals surface area contributed by atoms with Gasteiger partial charge in [0.2, 0.25) is 0 Å². The lowest BCUT2D eigenvalue weighted by Crippen LogP contribution is -2.42. The van der Waals surface area contributed by atoms with Crippen molar-refractivity contribution in [3.8, 4) is 11.3 Å². The van der Waals surface area contributed by atoms with Crippen molar-refractivity contribution in [3.63, 3.8) is 0 Å². The molecule has 0 bridgehead atoms. The van der Waals surface area contributed by atoms with Gasteiger partial charge in [0.25, 0.3) is 0 Å². The zero-order chi connectivity index (χ0) is 16.1. The molecule has 1 saturated heterocycles. The second-order valence-corrected chi connectivity index (χ2v) is 6.26. The number of hydrogen-bond donors (Lipinski definition) is 1. The molecule has 3 rings (SSSR count). The molecule has 1 aromatic heterocycles. The Hall–Kier alpha value is -1.63. The third-order valence-corrected chi connectivity index (χ3v) is 4.42. The lowest BCUT2D eigenvalue weighted by molar-refractivity contribution is 0.277. The summed E-state index contributed by atoms with van der Waals surface area (Å²) in [4.78, 5) is 11.2. The van der Waals surface area contributed by atoms with Crippen LogP contribution in [0.5, 0.6) is 0 Å². The van der Waals surface area contributed by atoms with Gasteiger partial charge < -0.3 is 10.6 Å². The van der Waals surface area contributed by atoms with E-state index in [0.717, 1.165) is 35.8 Å². The zero-order valence-electron chi connectivity index (χ0n) is 14.1. The highest BCUT2D eigenvalue weighted by Crippen LogP contribution is 2.19. The minimum Gasteiger partial charge on any atom is -0.370 e. The summed E-state index contributed by atoms with van der Waals surface area (Å²) < 4.78 is 0. The summed E-state index contributed by atoms with van der Waals surface area (Å²) in [6.45, 7) is 4.95. The number of nitrogens with zero attached hydrogens (tertiary/aromatic N) is 3. The molecular weight excluding hydrogens is 411 g/mol. The summed E-state index contributed by atoms with van der Waals surface area (Å²) >= 11 is 0. The van der Waals surface area contributed by atoms with E-state index in [1.165, 1.54) is 12.8 Å². The standard InChI is InChI=1S/C19H24N4.HI/c1-15-8-11-23(12-9-15)19(20)22-14-16-5-4-6-17(13-16)18-7-2-3-10-21-18;/h2-7,10,13,15H,8-9,11-12,14H2,1H3,(H2,20,22);1H. The van der Waals surface area contributed by atoms with Crippen LogP contribution in [0, 0.1) is 5.92 Å². The number of likely N-dealkylation sites (tertiary alicyclic amines) is 1. The molecule has 0 unspecified atom stereocenters. The molecule has 0 spiro atoms. The normalized spacial score (nSPS) is 15.9. The summed E-state index contributed by atoms with van der Waals surface area (Å²) in [5, 5.41) is 0. The first-order valence-electron chi connectivity index (χ1n) is 8.27. The fourth-order valence-electron chi connectivity index (χ4n) is 2.87. The first kappa shape index (κ1) is 18.7. The average Bonchev–Trinajstić information content (AvgIpc) is 2.61. The molecule has 1 aromatic carbocycles. The van der Waals surface area contributed by atoms with Crippen LogP contribution in [0.4, 0.5) is 0 Å². The van der Waals surface area contributed by atoms with Crippen LogP contribution in [-0.2, 0) is 6.54 Å². The topological polar surface area (TPSA) is 54.5 Å². The maximum Gasteiger partial charge on any atom is 0.191 e. The number of piperidine rings is 1. The molecule has 1 fully saturated rings. The van der Waals surface area contributed by atoms with Gasteiger partial charge in [-0.05, 0) is 42.5 Å². The van der Waals surface area contributed by atoms with Crippen molar-refractivity contribution in [2.75, 3.05) is 13.1 Å². The zero-order valence-corrected chi connectivity index (χ0v) is 16.4. The highest BCUT2D eigenvalue weighted by atomic mass is 127. The number of aromatic nitrogens is 1. The smallest absolute Gasteiger partial charge is 0.191 e. The molecule has 2 heterocycles. The first-order valence-corrected chi connectivity index (χ1v) is 8.27. The van der Waals surface area contributed by atoms with Gasteiger partial charge in [0.1, 0.15) is 0 Å².